The van der Waals surface area contributed by atoms with Crippen LogP contribution in [0.4, 0.5) is 10.2 Å². The summed E-state index contributed by atoms with van der Waals surface area (Å²) in [7, 11) is 0. The maximum Gasteiger partial charge on any atom is 0.224 e. The number of hydrogen-bond donors (Lipinski definition) is 2. The molecule has 1 aromatic heterocycles. The van der Waals surface area contributed by atoms with E-state index in [1.54, 1.807) is 6.07 Å². The molecular formula is C14H17FN4O2. The first-order valence-electron chi connectivity index (χ1n) is 6.48. The first-order chi connectivity index (χ1) is 10.1. The average Bonchev–Trinajstić information content (AvgIpc) is 2.48. The molecule has 0 aliphatic heterocycles. The summed E-state index contributed by atoms with van der Waals surface area (Å²) < 4.78 is 24.1. The zero-order valence-electron chi connectivity index (χ0n) is 11.9. The molecule has 2 aromatic rings. The minimum absolute atomic E-state index is 0.241. The largest absolute Gasteiger partial charge is 0.438 e. The third-order valence-corrected chi connectivity index (χ3v) is 2.70. The zero-order chi connectivity index (χ0) is 15.2. The van der Waals surface area contributed by atoms with E-state index in [9.17, 15) is 4.39 Å². The van der Waals surface area contributed by atoms with Gasteiger partial charge in [-0.3, -0.25) is 0 Å². The number of nitrogens with two attached hydrogens (primary N) is 1. The number of nitrogens with one attached hydrogen (secondary N) is 1. The van der Waals surface area contributed by atoms with E-state index >= 15 is 0 Å². The first kappa shape index (κ1) is 15.1. The van der Waals surface area contributed by atoms with Crippen molar-refractivity contribution >= 4 is 5.82 Å². The number of aromatic nitrogens is 2. The fourth-order valence-electron chi connectivity index (χ4n) is 1.65. The molecule has 2 rings (SSSR count). The van der Waals surface area contributed by atoms with Crippen LogP contribution in [0, 0.1) is 12.7 Å². The fourth-order valence-corrected chi connectivity index (χ4v) is 1.65. The third kappa shape index (κ3) is 4.11. The van der Waals surface area contributed by atoms with Gasteiger partial charge >= 0.3 is 0 Å². The van der Waals surface area contributed by atoms with Crippen LogP contribution in [0.15, 0.2) is 24.3 Å². The highest BCUT2D eigenvalue weighted by Gasteiger charge is 2.09. The van der Waals surface area contributed by atoms with Crippen LogP contribution >= 0.6 is 0 Å². The van der Waals surface area contributed by atoms with Gasteiger partial charge in [0.25, 0.3) is 0 Å². The molecule has 0 unspecified atom stereocenters. The summed E-state index contributed by atoms with van der Waals surface area (Å²) in [4.78, 5) is 8.35. The highest BCUT2D eigenvalue weighted by molar-refractivity contribution is 5.40. The lowest BCUT2D eigenvalue weighted by Gasteiger charge is -2.10. The summed E-state index contributed by atoms with van der Waals surface area (Å²) in [6.07, 6.45) is 0. The van der Waals surface area contributed by atoms with Crippen LogP contribution in [0.5, 0.6) is 11.6 Å². The molecule has 0 spiro atoms. The third-order valence-electron chi connectivity index (χ3n) is 2.70. The van der Waals surface area contributed by atoms with E-state index in [1.807, 2.05) is 13.8 Å². The maximum atomic E-state index is 13.3. The Balaban J connectivity index is 2.27. The summed E-state index contributed by atoms with van der Waals surface area (Å²) in [5, 5.41) is 0. The van der Waals surface area contributed by atoms with Crippen molar-refractivity contribution < 1.29 is 13.9 Å². The minimum atomic E-state index is -0.378. The van der Waals surface area contributed by atoms with E-state index in [0.717, 1.165) is 5.56 Å². The normalized spacial score (nSPS) is 10.5. The molecule has 21 heavy (non-hydrogen) atoms. The van der Waals surface area contributed by atoms with Crippen LogP contribution in [0.3, 0.4) is 0 Å². The van der Waals surface area contributed by atoms with Gasteiger partial charge in [0.15, 0.2) is 5.82 Å². The Hall–Kier alpha value is -2.25. The van der Waals surface area contributed by atoms with Crippen molar-refractivity contribution in [2.45, 2.75) is 20.5 Å². The Morgan fingerprint density at radius 1 is 1.29 bits per heavy atom. The van der Waals surface area contributed by atoms with E-state index in [-0.39, 0.29) is 18.3 Å². The Labute approximate surface area is 122 Å². The molecule has 1 aromatic carbocycles. The second kappa shape index (κ2) is 6.96. The molecule has 0 fully saturated rings. The molecule has 3 N–H and O–H groups in total. The van der Waals surface area contributed by atoms with E-state index in [0.29, 0.717) is 24.0 Å². The molecule has 0 aliphatic carbocycles. The van der Waals surface area contributed by atoms with Crippen molar-refractivity contribution in [1.29, 1.82) is 0 Å². The van der Waals surface area contributed by atoms with E-state index in [4.69, 9.17) is 15.3 Å². The lowest BCUT2D eigenvalue weighted by atomic mass is 10.2. The number of nitrogens with zero attached hydrogens (tertiary/aromatic N) is 2. The zero-order valence-corrected chi connectivity index (χ0v) is 11.9. The number of anilines is 1. The predicted octanol–water partition coefficient (Wildman–Crippen LogP) is 2.54. The van der Waals surface area contributed by atoms with Crippen molar-refractivity contribution in [2.75, 3.05) is 12.0 Å². The molecule has 0 atom stereocenters. The van der Waals surface area contributed by atoms with Gasteiger partial charge in [0.05, 0.1) is 0 Å². The number of rotatable bonds is 6. The number of halogens is 1. The summed E-state index contributed by atoms with van der Waals surface area (Å²) in [5.41, 5.74) is 3.23. The highest BCUT2D eigenvalue weighted by Crippen LogP contribution is 2.25. The molecule has 0 amide bonds. The number of nitrogen functional groups attached to an aromatic ring is 1. The molecule has 7 heteroatoms. The SMILES string of the molecule is CCOCc1nc(NN)cc(Oc2cc(F)ccc2C)n1. The monoisotopic (exact) mass is 292 g/mol. The summed E-state index contributed by atoms with van der Waals surface area (Å²) in [6, 6.07) is 5.83. The molecule has 0 saturated carbocycles. The van der Waals surface area contributed by atoms with E-state index < -0.39 is 0 Å². The van der Waals surface area contributed by atoms with Crippen LogP contribution in [-0.2, 0) is 11.3 Å². The van der Waals surface area contributed by atoms with Gasteiger partial charge in [-0.15, -0.1) is 0 Å². The average molecular weight is 292 g/mol. The van der Waals surface area contributed by atoms with Gasteiger partial charge in [-0.25, -0.2) is 15.2 Å². The molecule has 0 radical (unpaired) electrons. The van der Waals surface area contributed by atoms with Gasteiger partial charge < -0.3 is 14.9 Å². The smallest absolute Gasteiger partial charge is 0.224 e. The molecular weight excluding hydrogens is 275 g/mol. The van der Waals surface area contributed by atoms with Crippen molar-refractivity contribution in [2.24, 2.45) is 5.84 Å². The number of ether oxygens (including phenoxy) is 2. The summed E-state index contributed by atoms with van der Waals surface area (Å²) in [5.74, 6) is 6.46. The molecule has 0 bridgehead atoms. The quantitative estimate of drug-likeness (QED) is 0.629. The Morgan fingerprint density at radius 2 is 2.10 bits per heavy atom. The van der Waals surface area contributed by atoms with Crippen LogP contribution in [0.2, 0.25) is 0 Å². The van der Waals surface area contributed by atoms with Crippen LogP contribution in [0.1, 0.15) is 18.3 Å². The molecule has 6 nitrogen and oxygen atoms in total. The fraction of sp³-hybridized carbons (Fsp3) is 0.286. The van der Waals surface area contributed by atoms with E-state index in [1.165, 1.54) is 18.2 Å². The van der Waals surface area contributed by atoms with E-state index in [2.05, 4.69) is 15.4 Å². The summed E-state index contributed by atoms with van der Waals surface area (Å²) >= 11 is 0. The van der Waals surface area contributed by atoms with Crippen LogP contribution in [-0.4, -0.2) is 16.6 Å². The Bertz CT molecular complexity index is 622. The number of benzene rings is 1. The molecule has 0 aliphatic rings. The van der Waals surface area contributed by atoms with Gasteiger partial charge in [0, 0.05) is 18.7 Å². The Morgan fingerprint density at radius 3 is 2.81 bits per heavy atom. The molecule has 1 heterocycles. The van der Waals surface area contributed by atoms with Crippen molar-refractivity contribution in [3.8, 4) is 11.6 Å². The second-order valence-corrected chi connectivity index (χ2v) is 4.30. The van der Waals surface area contributed by atoms with Crippen LogP contribution < -0.4 is 16.0 Å². The topological polar surface area (TPSA) is 82.3 Å². The van der Waals surface area contributed by atoms with Gasteiger partial charge in [-0.1, -0.05) is 6.07 Å². The lowest BCUT2D eigenvalue weighted by molar-refractivity contribution is 0.128. The summed E-state index contributed by atoms with van der Waals surface area (Å²) in [6.45, 7) is 4.48. The predicted molar refractivity (Wildman–Crippen MR) is 76.4 cm³/mol. The van der Waals surface area contributed by atoms with Crippen molar-refractivity contribution in [1.82, 2.24) is 9.97 Å². The Kier molecular flexibility index (Phi) is 5.02. The molecule has 112 valence electrons. The standard InChI is InChI=1S/C14H17FN4O2/c1-3-20-8-13-17-12(19-16)7-14(18-13)21-11-6-10(15)5-4-9(11)2/h4-7H,3,8,16H2,1-2H3,(H,17,18,19). The number of hydrazine groups is 1. The van der Waals surface area contributed by atoms with Crippen molar-refractivity contribution in [3.63, 3.8) is 0 Å². The van der Waals surface area contributed by atoms with Gasteiger partial charge in [0.1, 0.15) is 24.0 Å². The first-order valence-corrected chi connectivity index (χ1v) is 6.48. The van der Waals surface area contributed by atoms with Gasteiger partial charge in [-0.05, 0) is 25.5 Å². The number of aryl methyl sites for hydroxylation is 1. The second-order valence-electron chi connectivity index (χ2n) is 4.30. The van der Waals surface area contributed by atoms with Gasteiger partial charge in [-0.2, -0.15) is 4.98 Å². The van der Waals surface area contributed by atoms with Crippen LogP contribution in [0.25, 0.3) is 0 Å². The van der Waals surface area contributed by atoms with Crippen molar-refractivity contribution in [3.05, 3.63) is 41.5 Å². The molecule has 0 saturated heterocycles. The highest BCUT2D eigenvalue weighted by atomic mass is 19.1. The maximum absolute atomic E-state index is 13.3. The number of hydrogen-bond acceptors (Lipinski definition) is 6. The minimum Gasteiger partial charge on any atom is -0.438 e. The lowest BCUT2D eigenvalue weighted by Crippen LogP contribution is -2.11. The van der Waals surface area contributed by atoms with Gasteiger partial charge in [0.2, 0.25) is 5.88 Å².